The number of nitrogens with one attached hydrogen (secondary N) is 1. The number of halogens is 1. The first kappa shape index (κ1) is 24.0. The van der Waals surface area contributed by atoms with Crippen molar-refractivity contribution in [2.24, 2.45) is 16.8 Å². The normalized spacial score (nSPS) is 20.7. The quantitative estimate of drug-likeness (QED) is 0.328. The van der Waals surface area contributed by atoms with Gasteiger partial charge in [-0.3, -0.25) is 4.99 Å². The van der Waals surface area contributed by atoms with Crippen LogP contribution in [0.5, 0.6) is 0 Å². The van der Waals surface area contributed by atoms with Crippen LogP contribution in [-0.2, 0) is 4.74 Å². The lowest BCUT2D eigenvalue weighted by atomic mass is 9.96. The standard InChI is InChI=1S/C20H40N4O.HI/c1-4-11-24-13-7-19(8-14-24)17-22-20(21-5-2)23(3)12-6-18-9-15-25-16-10-18;/h18-19H,4-17H2,1-3H3,(H,21,22);1H. The third-order valence-electron chi connectivity index (χ3n) is 5.66. The van der Waals surface area contributed by atoms with Gasteiger partial charge < -0.3 is 19.9 Å². The summed E-state index contributed by atoms with van der Waals surface area (Å²) in [5.41, 5.74) is 0. The number of hydrogen-bond donors (Lipinski definition) is 1. The van der Waals surface area contributed by atoms with Crippen molar-refractivity contribution in [1.29, 1.82) is 0 Å². The molecule has 0 amide bonds. The van der Waals surface area contributed by atoms with E-state index in [4.69, 9.17) is 9.73 Å². The first-order chi connectivity index (χ1) is 12.2. The summed E-state index contributed by atoms with van der Waals surface area (Å²) in [5, 5.41) is 3.48. The molecule has 0 saturated carbocycles. The van der Waals surface area contributed by atoms with Crippen LogP contribution in [0.3, 0.4) is 0 Å². The highest BCUT2D eigenvalue weighted by atomic mass is 127. The number of nitrogens with zero attached hydrogens (tertiary/aromatic N) is 3. The zero-order valence-electron chi connectivity index (χ0n) is 17.2. The SMILES string of the molecule is CCCN1CCC(CN=C(NCC)N(C)CCC2CCOCC2)CC1.I. The Bertz CT molecular complexity index is 380. The maximum absolute atomic E-state index is 5.47. The van der Waals surface area contributed by atoms with E-state index >= 15 is 0 Å². The Balaban J connectivity index is 0.00000338. The van der Waals surface area contributed by atoms with Gasteiger partial charge in [0.25, 0.3) is 0 Å². The first-order valence-electron chi connectivity index (χ1n) is 10.5. The van der Waals surface area contributed by atoms with Crippen LogP contribution < -0.4 is 5.32 Å². The van der Waals surface area contributed by atoms with Crippen molar-refractivity contribution in [3.8, 4) is 0 Å². The maximum atomic E-state index is 5.47. The lowest BCUT2D eigenvalue weighted by Crippen LogP contribution is -2.41. The molecule has 0 aromatic rings. The number of piperidine rings is 1. The average molecular weight is 480 g/mol. The van der Waals surface area contributed by atoms with Gasteiger partial charge in [0, 0.05) is 39.9 Å². The minimum atomic E-state index is 0. The van der Waals surface area contributed by atoms with Crippen LogP contribution in [0.4, 0.5) is 0 Å². The molecular formula is C20H41IN4O. The molecule has 0 atom stereocenters. The van der Waals surface area contributed by atoms with E-state index in [-0.39, 0.29) is 24.0 Å². The van der Waals surface area contributed by atoms with E-state index in [9.17, 15) is 0 Å². The molecule has 0 aromatic heterocycles. The predicted octanol–water partition coefficient (Wildman–Crippen LogP) is 3.44. The Morgan fingerprint density at radius 2 is 1.81 bits per heavy atom. The van der Waals surface area contributed by atoms with Gasteiger partial charge in [0.2, 0.25) is 0 Å². The molecule has 26 heavy (non-hydrogen) atoms. The molecule has 6 heteroatoms. The molecule has 2 saturated heterocycles. The monoisotopic (exact) mass is 480 g/mol. The molecule has 0 radical (unpaired) electrons. The van der Waals surface area contributed by atoms with Gasteiger partial charge in [0.05, 0.1) is 0 Å². The third-order valence-corrected chi connectivity index (χ3v) is 5.66. The minimum Gasteiger partial charge on any atom is -0.381 e. The Kier molecular flexibility index (Phi) is 12.9. The zero-order chi connectivity index (χ0) is 17.9. The van der Waals surface area contributed by atoms with Crippen LogP contribution in [0.1, 0.15) is 52.4 Å². The van der Waals surface area contributed by atoms with Crippen LogP contribution in [-0.4, -0.2) is 75.3 Å². The number of rotatable bonds is 8. The van der Waals surface area contributed by atoms with Crippen LogP contribution in [0.2, 0.25) is 0 Å². The summed E-state index contributed by atoms with van der Waals surface area (Å²) in [5.74, 6) is 2.66. The molecule has 0 unspecified atom stereocenters. The lowest BCUT2D eigenvalue weighted by molar-refractivity contribution is 0.0625. The lowest BCUT2D eigenvalue weighted by Gasteiger charge is -2.31. The molecular weight excluding hydrogens is 439 g/mol. The van der Waals surface area contributed by atoms with E-state index in [1.807, 2.05) is 0 Å². The molecule has 0 aliphatic carbocycles. The van der Waals surface area contributed by atoms with E-state index in [0.717, 1.165) is 50.6 Å². The third kappa shape index (κ3) is 8.74. The van der Waals surface area contributed by atoms with Crippen LogP contribution >= 0.6 is 24.0 Å². The first-order valence-corrected chi connectivity index (χ1v) is 10.5. The zero-order valence-corrected chi connectivity index (χ0v) is 19.5. The number of ether oxygens (including phenoxy) is 1. The van der Waals surface area contributed by atoms with Gasteiger partial charge in [0.1, 0.15) is 0 Å². The summed E-state index contributed by atoms with van der Waals surface area (Å²) >= 11 is 0. The van der Waals surface area contributed by atoms with Gasteiger partial charge >= 0.3 is 0 Å². The number of hydrogen-bond acceptors (Lipinski definition) is 3. The van der Waals surface area contributed by atoms with Crippen LogP contribution in [0.15, 0.2) is 4.99 Å². The molecule has 0 bridgehead atoms. The van der Waals surface area contributed by atoms with E-state index in [2.05, 4.69) is 36.0 Å². The summed E-state index contributed by atoms with van der Waals surface area (Å²) in [7, 11) is 2.19. The van der Waals surface area contributed by atoms with Gasteiger partial charge in [-0.15, -0.1) is 24.0 Å². The Morgan fingerprint density at radius 3 is 2.42 bits per heavy atom. The summed E-state index contributed by atoms with van der Waals surface area (Å²) in [4.78, 5) is 9.89. The molecule has 2 rings (SSSR count). The molecule has 1 N–H and O–H groups in total. The van der Waals surface area contributed by atoms with Gasteiger partial charge in [-0.1, -0.05) is 6.92 Å². The average Bonchev–Trinajstić information content (AvgIpc) is 2.65. The molecule has 2 aliphatic rings. The van der Waals surface area contributed by atoms with E-state index in [1.54, 1.807) is 0 Å². The van der Waals surface area contributed by atoms with E-state index in [0.29, 0.717) is 0 Å². The molecule has 2 fully saturated rings. The summed E-state index contributed by atoms with van der Waals surface area (Å²) in [6, 6.07) is 0. The minimum absolute atomic E-state index is 0. The fraction of sp³-hybridized carbons (Fsp3) is 0.950. The van der Waals surface area contributed by atoms with Gasteiger partial charge in [-0.05, 0) is 76.9 Å². The van der Waals surface area contributed by atoms with Crippen LogP contribution in [0, 0.1) is 11.8 Å². The molecule has 5 nitrogen and oxygen atoms in total. The summed E-state index contributed by atoms with van der Waals surface area (Å²) in [6.45, 7) is 13.1. The smallest absolute Gasteiger partial charge is 0.193 e. The number of likely N-dealkylation sites (tertiary alicyclic amines) is 1. The second kappa shape index (κ2) is 14.0. The Hall–Kier alpha value is -0.0800. The van der Waals surface area contributed by atoms with Crippen molar-refractivity contribution in [2.75, 3.05) is 59.5 Å². The molecule has 0 aromatic carbocycles. The van der Waals surface area contributed by atoms with Crippen molar-refractivity contribution in [2.45, 2.75) is 52.4 Å². The fourth-order valence-electron chi connectivity index (χ4n) is 3.91. The van der Waals surface area contributed by atoms with Gasteiger partial charge in [0.15, 0.2) is 5.96 Å². The fourth-order valence-corrected chi connectivity index (χ4v) is 3.91. The van der Waals surface area contributed by atoms with E-state index in [1.165, 1.54) is 58.2 Å². The highest BCUT2D eigenvalue weighted by Gasteiger charge is 2.19. The van der Waals surface area contributed by atoms with Gasteiger partial charge in [-0.25, -0.2) is 0 Å². The highest BCUT2D eigenvalue weighted by molar-refractivity contribution is 14.0. The van der Waals surface area contributed by atoms with Gasteiger partial charge in [-0.2, -0.15) is 0 Å². The maximum Gasteiger partial charge on any atom is 0.193 e. The molecule has 2 heterocycles. The van der Waals surface area contributed by atoms with Crippen molar-refractivity contribution in [3.05, 3.63) is 0 Å². The molecule has 154 valence electrons. The number of aliphatic imine (C=N–C) groups is 1. The van der Waals surface area contributed by atoms with Crippen molar-refractivity contribution >= 4 is 29.9 Å². The highest BCUT2D eigenvalue weighted by Crippen LogP contribution is 2.19. The summed E-state index contributed by atoms with van der Waals surface area (Å²) in [6.07, 6.45) is 7.56. The number of guanidine groups is 1. The second-order valence-corrected chi connectivity index (χ2v) is 7.75. The van der Waals surface area contributed by atoms with Crippen molar-refractivity contribution in [3.63, 3.8) is 0 Å². The largest absolute Gasteiger partial charge is 0.381 e. The Morgan fingerprint density at radius 1 is 1.12 bits per heavy atom. The van der Waals surface area contributed by atoms with Crippen molar-refractivity contribution in [1.82, 2.24) is 15.1 Å². The predicted molar refractivity (Wildman–Crippen MR) is 122 cm³/mol. The van der Waals surface area contributed by atoms with Crippen LogP contribution in [0.25, 0.3) is 0 Å². The topological polar surface area (TPSA) is 40.1 Å². The molecule has 2 aliphatic heterocycles. The Labute approximate surface area is 178 Å². The second-order valence-electron chi connectivity index (χ2n) is 7.75. The summed E-state index contributed by atoms with van der Waals surface area (Å²) < 4.78 is 5.47. The van der Waals surface area contributed by atoms with Crippen molar-refractivity contribution < 1.29 is 4.74 Å². The molecule has 0 spiro atoms. The van der Waals surface area contributed by atoms with E-state index < -0.39 is 0 Å².